The van der Waals surface area contributed by atoms with Gasteiger partial charge in [0.1, 0.15) is 0 Å². The second-order valence-corrected chi connectivity index (χ2v) is 5.09. The summed E-state index contributed by atoms with van der Waals surface area (Å²) in [6.45, 7) is 0.444. The van der Waals surface area contributed by atoms with Gasteiger partial charge in [-0.15, -0.1) is 0 Å². The van der Waals surface area contributed by atoms with Crippen LogP contribution < -0.4 is 0 Å². The van der Waals surface area contributed by atoms with Crippen molar-refractivity contribution in [2.45, 2.75) is 25.3 Å². The minimum absolute atomic E-state index is 0.0208. The van der Waals surface area contributed by atoms with E-state index in [9.17, 15) is 4.79 Å². The number of carbonyl (C=O) groups is 1. The number of hydrogen-bond acceptors (Lipinski definition) is 2. The van der Waals surface area contributed by atoms with Crippen molar-refractivity contribution in [1.29, 1.82) is 0 Å². The van der Waals surface area contributed by atoms with Crippen molar-refractivity contribution in [2.75, 3.05) is 13.2 Å². The van der Waals surface area contributed by atoms with Crippen molar-refractivity contribution in [3.63, 3.8) is 0 Å². The molecule has 1 amide bonds. The molecular formula is C15H18N2O2. The zero-order chi connectivity index (χ0) is 13.2. The molecule has 2 aromatic rings. The summed E-state index contributed by atoms with van der Waals surface area (Å²) in [7, 11) is 0. The van der Waals surface area contributed by atoms with E-state index in [4.69, 9.17) is 5.11 Å². The maximum atomic E-state index is 12.5. The number of nitrogens with one attached hydrogen (secondary N) is 1. The molecule has 4 heteroatoms. The molecule has 1 saturated carbocycles. The maximum Gasteiger partial charge on any atom is 0.254 e. The number of hydrogen-bond donors (Lipinski definition) is 2. The zero-order valence-corrected chi connectivity index (χ0v) is 10.8. The summed E-state index contributed by atoms with van der Waals surface area (Å²) in [5, 5.41) is 10.2. The van der Waals surface area contributed by atoms with Crippen molar-refractivity contribution >= 4 is 16.8 Å². The summed E-state index contributed by atoms with van der Waals surface area (Å²) in [5.74, 6) is 0.0234. The molecule has 0 saturated heterocycles. The Morgan fingerprint density at radius 1 is 1.37 bits per heavy atom. The first-order chi connectivity index (χ1) is 9.29. The van der Waals surface area contributed by atoms with Crippen LogP contribution in [0.5, 0.6) is 0 Å². The fourth-order valence-electron chi connectivity index (χ4n) is 2.60. The molecule has 1 aromatic heterocycles. The lowest BCUT2D eigenvalue weighted by Gasteiger charge is -2.37. The average Bonchev–Trinajstić information content (AvgIpc) is 2.82. The fraction of sp³-hybridized carbons (Fsp3) is 0.400. The van der Waals surface area contributed by atoms with E-state index in [1.54, 1.807) is 0 Å². The molecule has 3 rings (SSSR count). The monoisotopic (exact) mass is 258 g/mol. The van der Waals surface area contributed by atoms with Crippen molar-refractivity contribution < 1.29 is 9.90 Å². The highest BCUT2D eigenvalue weighted by atomic mass is 16.3. The second kappa shape index (κ2) is 5.05. The molecule has 0 bridgehead atoms. The largest absolute Gasteiger partial charge is 0.395 e. The molecule has 1 aromatic carbocycles. The van der Waals surface area contributed by atoms with Crippen LogP contribution in [0, 0.1) is 0 Å². The first-order valence-corrected chi connectivity index (χ1v) is 6.78. The Balaban J connectivity index is 1.87. The van der Waals surface area contributed by atoms with Gasteiger partial charge in [-0.05, 0) is 42.8 Å². The molecule has 0 unspecified atom stereocenters. The van der Waals surface area contributed by atoms with Crippen molar-refractivity contribution in [3.05, 3.63) is 36.0 Å². The molecule has 1 heterocycles. The predicted octanol–water partition coefficient (Wildman–Crippen LogP) is 2.15. The summed E-state index contributed by atoms with van der Waals surface area (Å²) in [4.78, 5) is 17.5. The molecule has 100 valence electrons. The summed E-state index contributed by atoms with van der Waals surface area (Å²) in [6.07, 6.45) is 5.15. The number of rotatable bonds is 4. The quantitative estimate of drug-likeness (QED) is 0.883. The van der Waals surface area contributed by atoms with E-state index >= 15 is 0 Å². The van der Waals surface area contributed by atoms with Gasteiger partial charge in [0.2, 0.25) is 0 Å². The molecule has 2 N–H and O–H groups in total. The number of amides is 1. The van der Waals surface area contributed by atoms with Gasteiger partial charge >= 0.3 is 0 Å². The minimum atomic E-state index is 0.0208. The van der Waals surface area contributed by atoms with Crippen LogP contribution in [0.1, 0.15) is 29.6 Å². The van der Waals surface area contributed by atoms with Gasteiger partial charge in [-0.25, -0.2) is 0 Å². The van der Waals surface area contributed by atoms with E-state index in [2.05, 4.69) is 4.98 Å². The van der Waals surface area contributed by atoms with Crippen LogP contribution in [0.15, 0.2) is 30.5 Å². The molecular weight excluding hydrogens is 240 g/mol. The minimum Gasteiger partial charge on any atom is -0.395 e. The average molecular weight is 258 g/mol. The third kappa shape index (κ3) is 2.24. The van der Waals surface area contributed by atoms with Crippen LogP contribution in [-0.2, 0) is 0 Å². The predicted molar refractivity (Wildman–Crippen MR) is 74.1 cm³/mol. The number of benzene rings is 1. The van der Waals surface area contributed by atoms with Crippen LogP contribution in [-0.4, -0.2) is 40.1 Å². The molecule has 4 nitrogen and oxygen atoms in total. The first kappa shape index (κ1) is 12.2. The van der Waals surface area contributed by atoms with E-state index in [0.29, 0.717) is 18.2 Å². The third-order valence-electron chi connectivity index (χ3n) is 3.92. The van der Waals surface area contributed by atoms with Gasteiger partial charge in [0, 0.05) is 29.9 Å². The lowest BCUT2D eigenvalue weighted by Crippen LogP contribution is -2.45. The Labute approximate surface area is 112 Å². The Bertz CT molecular complexity index is 587. The zero-order valence-electron chi connectivity index (χ0n) is 10.8. The number of nitrogens with zero attached hydrogens (tertiary/aromatic N) is 1. The second-order valence-electron chi connectivity index (χ2n) is 5.09. The van der Waals surface area contributed by atoms with Gasteiger partial charge < -0.3 is 15.0 Å². The van der Waals surface area contributed by atoms with Crippen LogP contribution in [0.3, 0.4) is 0 Å². The molecule has 0 radical (unpaired) electrons. The molecule has 0 spiro atoms. The Kier molecular flexibility index (Phi) is 3.25. The number of aromatic amines is 1. The van der Waals surface area contributed by atoms with Crippen molar-refractivity contribution in [2.24, 2.45) is 0 Å². The Morgan fingerprint density at radius 3 is 2.89 bits per heavy atom. The van der Waals surface area contributed by atoms with E-state index < -0.39 is 0 Å². The molecule has 0 atom stereocenters. The molecule has 19 heavy (non-hydrogen) atoms. The van der Waals surface area contributed by atoms with Gasteiger partial charge in [-0.1, -0.05) is 6.07 Å². The van der Waals surface area contributed by atoms with Gasteiger partial charge in [0.05, 0.1) is 6.61 Å². The Morgan fingerprint density at radius 2 is 2.21 bits per heavy atom. The molecule has 0 aliphatic heterocycles. The molecule has 1 aliphatic rings. The van der Waals surface area contributed by atoms with Gasteiger partial charge in [-0.3, -0.25) is 4.79 Å². The van der Waals surface area contributed by atoms with Crippen LogP contribution in [0.4, 0.5) is 0 Å². The number of fused-ring (bicyclic) bond motifs is 1. The van der Waals surface area contributed by atoms with Crippen molar-refractivity contribution in [3.8, 4) is 0 Å². The van der Waals surface area contributed by atoms with Gasteiger partial charge in [-0.2, -0.15) is 0 Å². The lowest BCUT2D eigenvalue weighted by molar-refractivity contribution is 0.0526. The van der Waals surface area contributed by atoms with Crippen molar-refractivity contribution in [1.82, 2.24) is 9.88 Å². The summed E-state index contributed by atoms with van der Waals surface area (Å²) in [6, 6.07) is 8.00. The standard InChI is InChI=1S/C15H18N2O2/c18-9-8-17(13-2-1-3-13)15(19)12-5-4-11-6-7-16-14(11)10-12/h4-7,10,13,16,18H,1-3,8-9H2. The maximum absolute atomic E-state index is 12.5. The van der Waals surface area contributed by atoms with E-state index in [1.807, 2.05) is 35.4 Å². The van der Waals surface area contributed by atoms with E-state index in [0.717, 1.165) is 23.7 Å². The molecule has 1 fully saturated rings. The normalized spacial score (nSPS) is 15.4. The van der Waals surface area contributed by atoms with E-state index in [1.165, 1.54) is 6.42 Å². The fourth-order valence-corrected chi connectivity index (χ4v) is 2.60. The lowest BCUT2D eigenvalue weighted by atomic mass is 9.91. The number of aromatic nitrogens is 1. The number of H-pyrrole nitrogens is 1. The SMILES string of the molecule is O=C(c1ccc2cc[nH]c2c1)N(CCO)C1CCC1. The van der Waals surface area contributed by atoms with Gasteiger partial charge in [0.15, 0.2) is 0 Å². The van der Waals surface area contributed by atoms with E-state index in [-0.39, 0.29) is 12.5 Å². The topological polar surface area (TPSA) is 56.3 Å². The molecule has 1 aliphatic carbocycles. The smallest absolute Gasteiger partial charge is 0.254 e. The summed E-state index contributed by atoms with van der Waals surface area (Å²) < 4.78 is 0. The van der Waals surface area contributed by atoms with Crippen LogP contribution in [0.2, 0.25) is 0 Å². The summed E-state index contributed by atoms with van der Waals surface area (Å²) in [5.41, 5.74) is 1.67. The highest BCUT2D eigenvalue weighted by Crippen LogP contribution is 2.26. The number of aliphatic hydroxyl groups is 1. The van der Waals surface area contributed by atoms with Gasteiger partial charge in [0.25, 0.3) is 5.91 Å². The number of aliphatic hydroxyl groups excluding tert-OH is 1. The first-order valence-electron chi connectivity index (χ1n) is 6.78. The van der Waals surface area contributed by atoms with Crippen LogP contribution in [0.25, 0.3) is 10.9 Å². The summed E-state index contributed by atoms with van der Waals surface area (Å²) >= 11 is 0. The highest BCUT2D eigenvalue weighted by Gasteiger charge is 2.28. The van der Waals surface area contributed by atoms with Crippen LogP contribution >= 0.6 is 0 Å². The number of carbonyl (C=O) groups excluding carboxylic acids is 1. The third-order valence-corrected chi connectivity index (χ3v) is 3.92. The Hall–Kier alpha value is -1.81. The highest BCUT2D eigenvalue weighted by molar-refractivity contribution is 5.98.